The molecule has 0 aromatic rings. The van der Waals surface area contributed by atoms with Crippen LogP contribution in [0.1, 0.15) is 0 Å². The van der Waals surface area contributed by atoms with Crippen molar-refractivity contribution in [2.24, 2.45) is 5.73 Å². The van der Waals surface area contributed by atoms with Crippen molar-refractivity contribution in [1.29, 1.82) is 0 Å². The van der Waals surface area contributed by atoms with Crippen LogP contribution in [0.4, 0.5) is 4.39 Å². The largest absolute Gasteiger partial charge is 0.376 e. The van der Waals surface area contributed by atoms with Crippen molar-refractivity contribution in [1.82, 2.24) is 5.32 Å². The highest BCUT2D eigenvalue weighted by atomic mass is 32.1. The second-order valence-electron chi connectivity index (χ2n) is 1.37. The Hall–Kier alpha value is -0.640. The van der Waals surface area contributed by atoms with Gasteiger partial charge in [-0.25, -0.2) is 4.39 Å². The van der Waals surface area contributed by atoms with Gasteiger partial charge >= 0.3 is 0 Å². The van der Waals surface area contributed by atoms with Crippen LogP contribution in [0.5, 0.6) is 0 Å². The minimum absolute atomic E-state index is 0.235. The molecule has 0 fully saturated rings. The highest BCUT2D eigenvalue weighted by Crippen LogP contribution is 1.71. The maximum absolute atomic E-state index is 11.3. The molecule has 0 aliphatic heterocycles. The third kappa shape index (κ3) is 7.36. The summed E-state index contributed by atoms with van der Waals surface area (Å²) in [6, 6.07) is 0. The lowest BCUT2D eigenvalue weighted by atomic mass is 10.5. The molecule has 0 saturated heterocycles. The van der Waals surface area contributed by atoms with Crippen LogP contribution >= 0.6 is 12.2 Å². The molecule has 0 spiro atoms. The summed E-state index contributed by atoms with van der Waals surface area (Å²) in [4.78, 5) is 0. The van der Waals surface area contributed by atoms with Crippen molar-refractivity contribution in [2.75, 3.05) is 13.2 Å². The highest BCUT2D eigenvalue weighted by Gasteiger charge is 1.78. The molecule has 0 saturated carbocycles. The zero-order chi connectivity index (χ0) is 7.11. The lowest BCUT2D eigenvalue weighted by molar-refractivity contribution is 0.561. The van der Waals surface area contributed by atoms with E-state index in [4.69, 9.17) is 5.73 Å². The van der Waals surface area contributed by atoms with Gasteiger partial charge in [-0.3, -0.25) is 0 Å². The lowest BCUT2D eigenvalue weighted by Crippen LogP contribution is -2.28. The molecule has 0 atom stereocenters. The van der Waals surface area contributed by atoms with Crippen LogP contribution in [0.2, 0.25) is 0 Å². The Morgan fingerprint density at radius 3 is 2.78 bits per heavy atom. The molecule has 4 heteroatoms. The molecule has 52 valence electrons. The molecule has 9 heavy (non-hydrogen) atoms. The maximum Gasteiger partial charge on any atom is 0.163 e. The average molecular weight is 148 g/mol. The molecule has 0 heterocycles. The number of nitrogens with one attached hydrogen (secondary N) is 1. The second-order valence-corrected chi connectivity index (χ2v) is 1.81. The normalized spacial score (nSPS) is 9.89. The maximum atomic E-state index is 11.3. The van der Waals surface area contributed by atoms with Gasteiger partial charge < -0.3 is 11.1 Å². The highest BCUT2D eigenvalue weighted by molar-refractivity contribution is 7.80. The summed E-state index contributed by atoms with van der Waals surface area (Å²) in [6.07, 6.45) is 3.02. The SMILES string of the molecule is NC(=S)NCC=CCF. The van der Waals surface area contributed by atoms with Crippen LogP contribution in [0.15, 0.2) is 12.2 Å². The summed E-state index contributed by atoms with van der Waals surface area (Å²) in [5.41, 5.74) is 5.07. The second kappa shape index (κ2) is 5.50. The van der Waals surface area contributed by atoms with Crippen molar-refractivity contribution in [3.05, 3.63) is 12.2 Å². The number of alkyl halides is 1. The number of allylic oxidation sites excluding steroid dienone is 1. The number of hydrogen-bond acceptors (Lipinski definition) is 1. The van der Waals surface area contributed by atoms with E-state index in [-0.39, 0.29) is 5.11 Å². The Bertz CT molecular complexity index is 114. The molecule has 0 aliphatic rings. The summed E-state index contributed by atoms with van der Waals surface area (Å²) < 4.78 is 11.3. The van der Waals surface area contributed by atoms with Crippen LogP contribution in [-0.4, -0.2) is 18.3 Å². The molecule has 0 radical (unpaired) electrons. The van der Waals surface area contributed by atoms with Crippen LogP contribution < -0.4 is 11.1 Å². The van der Waals surface area contributed by atoms with E-state index < -0.39 is 6.67 Å². The van der Waals surface area contributed by atoms with E-state index >= 15 is 0 Å². The molecule has 0 aliphatic carbocycles. The molecule has 2 nitrogen and oxygen atoms in total. The van der Waals surface area contributed by atoms with E-state index in [1.807, 2.05) is 0 Å². The molecule has 0 amide bonds. The fourth-order valence-corrected chi connectivity index (χ4v) is 0.389. The molecular formula is C5H9FN2S. The lowest BCUT2D eigenvalue weighted by Gasteiger charge is -1.95. The standard InChI is InChI=1S/C5H9FN2S/c6-3-1-2-4-8-5(7)9/h1-2H,3-4H2,(H3,7,8,9). The van der Waals surface area contributed by atoms with Gasteiger partial charge in [0.15, 0.2) is 5.11 Å². The van der Waals surface area contributed by atoms with E-state index in [0.717, 1.165) is 0 Å². The van der Waals surface area contributed by atoms with Gasteiger partial charge in [-0.1, -0.05) is 12.2 Å². The summed E-state index contributed by atoms with van der Waals surface area (Å²) in [6.45, 7) is 0.0538. The average Bonchev–Trinajstić information content (AvgIpc) is 1.80. The Balaban J connectivity index is 3.09. The van der Waals surface area contributed by atoms with Gasteiger partial charge in [-0.15, -0.1) is 0 Å². The summed E-state index contributed by atoms with van der Waals surface area (Å²) in [7, 11) is 0. The quantitative estimate of drug-likeness (QED) is 0.448. The zero-order valence-electron chi connectivity index (χ0n) is 4.93. The molecule has 0 aromatic heterocycles. The minimum atomic E-state index is -0.445. The van der Waals surface area contributed by atoms with Gasteiger partial charge in [0, 0.05) is 6.54 Å². The van der Waals surface area contributed by atoms with Gasteiger partial charge in [-0.05, 0) is 12.2 Å². The van der Waals surface area contributed by atoms with Crippen LogP contribution in [0.25, 0.3) is 0 Å². The third-order valence-corrected chi connectivity index (χ3v) is 0.794. The molecule has 3 N–H and O–H groups in total. The van der Waals surface area contributed by atoms with Crippen molar-refractivity contribution < 1.29 is 4.39 Å². The smallest absolute Gasteiger partial charge is 0.163 e. The summed E-state index contributed by atoms with van der Waals surface area (Å²) in [5, 5.41) is 2.87. The Kier molecular flexibility index (Phi) is 5.11. The molecule has 0 unspecified atom stereocenters. The fraction of sp³-hybridized carbons (Fsp3) is 0.400. The van der Waals surface area contributed by atoms with E-state index in [0.29, 0.717) is 6.54 Å². The van der Waals surface area contributed by atoms with E-state index in [1.54, 1.807) is 6.08 Å². The van der Waals surface area contributed by atoms with E-state index in [1.165, 1.54) is 6.08 Å². The first-order valence-corrected chi connectivity index (χ1v) is 2.92. The first-order chi connectivity index (χ1) is 4.27. The molecule has 0 rings (SSSR count). The molecule has 0 aromatic carbocycles. The number of rotatable bonds is 3. The first-order valence-electron chi connectivity index (χ1n) is 2.51. The third-order valence-electron chi connectivity index (χ3n) is 0.650. The van der Waals surface area contributed by atoms with Crippen LogP contribution in [0, 0.1) is 0 Å². The van der Waals surface area contributed by atoms with Gasteiger partial charge in [-0.2, -0.15) is 0 Å². The molecule has 0 bridgehead atoms. The monoisotopic (exact) mass is 148 g/mol. The Morgan fingerprint density at radius 2 is 2.33 bits per heavy atom. The van der Waals surface area contributed by atoms with Crippen LogP contribution in [-0.2, 0) is 0 Å². The predicted molar refractivity (Wildman–Crippen MR) is 39.9 cm³/mol. The van der Waals surface area contributed by atoms with Crippen LogP contribution in [0.3, 0.4) is 0 Å². The summed E-state index contributed by atoms with van der Waals surface area (Å²) in [5.74, 6) is 0. The number of hydrogen-bond donors (Lipinski definition) is 2. The topological polar surface area (TPSA) is 38.0 Å². The van der Waals surface area contributed by atoms with E-state index in [2.05, 4.69) is 17.5 Å². The van der Waals surface area contributed by atoms with Gasteiger partial charge in [0.25, 0.3) is 0 Å². The molecular weight excluding hydrogens is 139 g/mol. The van der Waals surface area contributed by atoms with Crippen molar-refractivity contribution in [3.63, 3.8) is 0 Å². The van der Waals surface area contributed by atoms with Crippen molar-refractivity contribution in [2.45, 2.75) is 0 Å². The first kappa shape index (κ1) is 8.36. The zero-order valence-corrected chi connectivity index (χ0v) is 5.75. The minimum Gasteiger partial charge on any atom is -0.376 e. The summed E-state index contributed by atoms with van der Waals surface area (Å²) >= 11 is 4.48. The van der Waals surface area contributed by atoms with Crippen molar-refractivity contribution >= 4 is 17.3 Å². The fourth-order valence-electron chi connectivity index (χ4n) is 0.306. The van der Waals surface area contributed by atoms with Gasteiger partial charge in [0.05, 0.1) is 0 Å². The predicted octanol–water partition coefficient (Wildman–Crippen LogP) is 0.345. The van der Waals surface area contributed by atoms with Crippen molar-refractivity contribution in [3.8, 4) is 0 Å². The Labute approximate surface area is 58.9 Å². The van der Waals surface area contributed by atoms with Gasteiger partial charge in [0.1, 0.15) is 6.67 Å². The van der Waals surface area contributed by atoms with Gasteiger partial charge in [0.2, 0.25) is 0 Å². The van der Waals surface area contributed by atoms with E-state index in [9.17, 15) is 4.39 Å². The number of halogens is 1. The Morgan fingerprint density at radius 1 is 1.67 bits per heavy atom. The number of thiocarbonyl (C=S) groups is 1. The number of nitrogens with two attached hydrogens (primary N) is 1.